The minimum absolute atomic E-state index is 0.117. The first-order valence-corrected chi connectivity index (χ1v) is 37.3. The minimum Gasteiger partial charge on any atom is -0.464 e. The molecule has 1 saturated carbocycles. The van der Waals surface area contributed by atoms with E-state index in [-0.39, 0.29) is 11.7 Å². The molecule has 0 saturated heterocycles. The van der Waals surface area contributed by atoms with E-state index in [4.69, 9.17) is 28.4 Å². The largest absolute Gasteiger partial charge is 0.464 e. The van der Waals surface area contributed by atoms with E-state index >= 15 is 0 Å². The van der Waals surface area contributed by atoms with Gasteiger partial charge in [-0.1, -0.05) is 93.1 Å². The molecule has 0 N–H and O–H groups in total. The average molecular weight is 1440 g/mol. The number of imidazole rings is 6. The van der Waals surface area contributed by atoms with Gasteiger partial charge < -0.3 is 28.4 Å². The van der Waals surface area contributed by atoms with Crippen molar-refractivity contribution in [1.82, 2.24) is 82.5 Å². The van der Waals surface area contributed by atoms with Crippen LogP contribution in [0.15, 0.2) is 146 Å². The fourth-order valence-electron chi connectivity index (χ4n) is 11.0. The molecule has 18 aromatic rings. The van der Waals surface area contributed by atoms with Crippen molar-refractivity contribution in [3.05, 3.63) is 146 Å². The van der Waals surface area contributed by atoms with Gasteiger partial charge in [-0.2, -0.15) is 0 Å². The highest BCUT2D eigenvalue weighted by molar-refractivity contribution is 7.12. The number of unbranched alkanes of at least 4 members (excludes halogenated alkanes) is 1. The van der Waals surface area contributed by atoms with Gasteiger partial charge in [0.25, 0.3) is 0 Å². The van der Waals surface area contributed by atoms with Crippen molar-refractivity contribution >= 4 is 165 Å². The summed E-state index contributed by atoms with van der Waals surface area (Å²) < 4.78 is 71.8. The predicted octanol–water partition coefficient (Wildman–Crippen LogP) is 17.3. The predicted molar refractivity (Wildman–Crippen MR) is 397 cm³/mol. The fraction of sp³-hybridized carbons (Fsp3) is 0.304. The molecule has 19 rings (SSSR count). The zero-order valence-corrected chi connectivity index (χ0v) is 60.4. The van der Waals surface area contributed by atoms with Crippen LogP contribution in [-0.2, 0) is 0 Å². The van der Waals surface area contributed by atoms with E-state index in [1.807, 2.05) is 207 Å². The molecule has 0 atom stereocenters. The van der Waals surface area contributed by atoms with Crippen LogP contribution in [0.1, 0.15) is 100 Å². The molecule has 24 nitrogen and oxygen atoms in total. The Bertz CT molecular complexity index is 5700. The van der Waals surface area contributed by atoms with Crippen molar-refractivity contribution in [1.29, 1.82) is 0 Å². The molecular weight excluding hydrogens is 1370 g/mol. The number of para-hydroxylation sites is 12. The molecule has 1 aliphatic rings. The van der Waals surface area contributed by atoms with Crippen LogP contribution in [0.3, 0.4) is 0 Å². The van der Waals surface area contributed by atoms with Crippen molar-refractivity contribution in [3.8, 4) is 36.1 Å². The standard InChI is InChI=1S/C13H13N3OS.2C12H13N3OS.2C11H11N3OS.C10H9N3OS/c1-2-6-9(5-1)17-12-15-18-13-14-10-7-3-4-8-11(10)16(12)13;1-12(2,3)16-10-14-17-11-13-8-6-4-5-7-9(8)15(10)11;1-2-3-8-16-11-14-17-12-13-9-6-4-5-7-10(9)15(11)12;1-7(2)15-10-13-16-11-12-8-5-3-4-6-9(8)14(10)11;1-2-7-15-10-13-16-11-12-8-5-3-4-6-9(8)14(10)11;1-2-14-9-12-15-10-11-7-5-3-4-6-8(7)13(9)10/h3-4,7-9H,1-2,5-6H2;4-7H,1-3H3;4-7H,2-3,8H2,1H3;3-7H,1-2H3;3-6H,2,7H2,1H3;3-6H,2H2,1H3. The number of nitrogens with zero attached hydrogens (tertiary/aromatic N) is 18. The molecule has 99 heavy (non-hydrogen) atoms. The van der Waals surface area contributed by atoms with Crippen molar-refractivity contribution in [2.24, 2.45) is 0 Å². The van der Waals surface area contributed by atoms with Crippen LogP contribution in [0.4, 0.5) is 0 Å². The maximum absolute atomic E-state index is 6.02. The Hall–Kier alpha value is -9.72. The van der Waals surface area contributed by atoms with E-state index < -0.39 is 0 Å². The molecule has 0 spiro atoms. The highest BCUT2D eigenvalue weighted by Gasteiger charge is 2.23. The Kier molecular flexibility index (Phi) is 20.0. The molecule has 6 aromatic carbocycles. The number of hydrogen-bond acceptors (Lipinski definition) is 24. The van der Waals surface area contributed by atoms with Gasteiger partial charge in [0.1, 0.15) is 11.7 Å². The van der Waals surface area contributed by atoms with Gasteiger partial charge in [-0.3, -0.25) is 0 Å². The van der Waals surface area contributed by atoms with Crippen molar-refractivity contribution in [2.75, 3.05) is 19.8 Å². The lowest BCUT2D eigenvalue weighted by atomic mass is 10.2. The van der Waals surface area contributed by atoms with Gasteiger partial charge in [-0.15, -0.1) is 26.2 Å². The average Bonchev–Trinajstić information content (AvgIpc) is 1.66. The maximum atomic E-state index is 6.02. The van der Waals surface area contributed by atoms with Crippen molar-refractivity contribution in [2.45, 2.75) is 118 Å². The third-order valence-electron chi connectivity index (χ3n) is 15.3. The monoisotopic (exact) mass is 1440 g/mol. The van der Waals surface area contributed by atoms with E-state index in [0.29, 0.717) is 62.0 Å². The van der Waals surface area contributed by atoms with Gasteiger partial charge in [0.15, 0.2) is 0 Å². The number of aromatic nitrogens is 18. The normalized spacial score (nSPS) is 12.6. The maximum Gasteiger partial charge on any atom is 0.315 e. The van der Waals surface area contributed by atoms with Gasteiger partial charge in [0.2, 0.25) is 29.8 Å². The Morgan fingerprint density at radius 1 is 0.384 bits per heavy atom. The summed E-state index contributed by atoms with van der Waals surface area (Å²) in [6.07, 6.45) is 8.42. The quantitative estimate of drug-likeness (QED) is 0.0920. The minimum atomic E-state index is -0.258. The number of rotatable bonds is 14. The molecule has 508 valence electrons. The molecule has 12 heterocycles. The topological polar surface area (TPSA) is 237 Å². The van der Waals surface area contributed by atoms with E-state index in [1.54, 1.807) is 0 Å². The lowest BCUT2D eigenvalue weighted by molar-refractivity contribution is 0.117. The number of hydrogen-bond donors (Lipinski definition) is 0. The van der Waals surface area contributed by atoms with Crippen LogP contribution in [0.5, 0.6) is 36.1 Å². The second-order valence-corrected chi connectivity index (χ2v) is 28.4. The zero-order valence-electron chi connectivity index (χ0n) is 55.5. The summed E-state index contributed by atoms with van der Waals surface area (Å²) in [5.74, 6) is 0. The molecule has 0 amide bonds. The summed E-state index contributed by atoms with van der Waals surface area (Å²) in [6, 6.07) is 52.0. The van der Waals surface area contributed by atoms with E-state index in [2.05, 4.69) is 76.1 Å². The van der Waals surface area contributed by atoms with E-state index in [0.717, 1.165) is 128 Å². The first-order chi connectivity index (χ1) is 48.4. The van der Waals surface area contributed by atoms with Gasteiger partial charge in [-0.05, 0) is 153 Å². The summed E-state index contributed by atoms with van der Waals surface area (Å²) in [5, 5.41) is 0. The molecule has 30 heteroatoms. The molecular formula is C69H70N18O6S6. The molecule has 1 fully saturated rings. The molecule has 0 unspecified atom stereocenters. The van der Waals surface area contributed by atoms with Crippen LogP contribution in [0, 0.1) is 0 Å². The van der Waals surface area contributed by atoms with Crippen molar-refractivity contribution < 1.29 is 28.4 Å². The Balaban J connectivity index is 0.000000101. The number of ether oxygens (including phenoxy) is 6. The van der Waals surface area contributed by atoms with Crippen LogP contribution in [0.25, 0.3) is 96.0 Å². The summed E-state index contributed by atoms with van der Waals surface area (Å²) in [7, 11) is 0. The highest BCUT2D eigenvalue weighted by Crippen LogP contribution is 2.33. The first kappa shape index (κ1) is 66.5. The lowest BCUT2D eigenvalue weighted by Gasteiger charge is -2.18. The highest BCUT2D eigenvalue weighted by atomic mass is 32.1. The first-order valence-electron chi connectivity index (χ1n) is 32.7. The Morgan fingerprint density at radius 3 is 1.03 bits per heavy atom. The van der Waals surface area contributed by atoms with Gasteiger partial charge in [0.05, 0.1) is 92.1 Å². The van der Waals surface area contributed by atoms with Crippen molar-refractivity contribution in [3.63, 3.8) is 0 Å². The second-order valence-electron chi connectivity index (χ2n) is 24.0. The molecule has 0 radical (unpaired) electrons. The van der Waals surface area contributed by atoms with Crippen LogP contribution in [0.2, 0.25) is 0 Å². The second kappa shape index (κ2) is 29.8. The van der Waals surface area contributed by atoms with Gasteiger partial charge in [-0.25, -0.2) is 56.3 Å². The number of benzene rings is 6. The summed E-state index contributed by atoms with van der Waals surface area (Å²) in [5.41, 5.74) is 12.0. The summed E-state index contributed by atoms with van der Waals surface area (Å²) in [4.78, 5) is 32.3. The smallest absolute Gasteiger partial charge is 0.315 e. The molecule has 0 aliphatic heterocycles. The fourth-order valence-corrected chi connectivity index (χ4v) is 15.1. The summed E-state index contributed by atoms with van der Waals surface area (Å²) >= 11 is 8.21. The molecule has 1 aliphatic carbocycles. The SMILES string of the molecule is CC(C)(C)Oc1nsc2nc3ccccc3n12.CC(C)Oc1nsc2nc3ccccc3n12.CCCCOc1nsc2nc3ccccc3n12.CCCOc1nsc2nc3ccccc3n12.CCOc1nsc2nc3ccccc3n12.c1ccc2c(c1)nc1snc(OC3CCCC3)n12. The van der Waals surface area contributed by atoms with Gasteiger partial charge >= 0.3 is 36.1 Å². The number of fused-ring (bicyclic) bond motifs is 18. The van der Waals surface area contributed by atoms with Gasteiger partial charge in [0, 0.05) is 69.2 Å². The Labute approximate surface area is 591 Å². The summed E-state index contributed by atoms with van der Waals surface area (Å²) in [6.45, 7) is 18.2. The third kappa shape index (κ3) is 14.3. The lowest BCUT2D eigenvalue weighted by Crippen LogP contribution is -2.24. The van der Waals surface area contributed by atoms with E-state index in [1.165, 1.54) is 82.0 Å². The molecule has 0 bridgehead atoms. The third-order valence-corrected chi connectivity index (χ3v) is 19.4. The van der Waals surface area contributed by atoms with Crippen LogP contribution in [-0.4, -0.2) is 120 Å². The van der Waals surface area contributed by atoms with E-state index in [9.17, 15) is 0 Å². The Morgan fingerprint density at radius 2 is 0.687 bits per heavy atom. The zero-order chi connectivity index (χ0) is 68.0. The van der Waals surface area contributed by atoms with Crippen LogP contribution >= 0.6 is 69.2 Å². The molecule has 12 aromatic heterocycles. The van der Waals surface area contributed by atoms with Crippen LogP contribution < -0.4 is 28.4 Å².